The molecule has 0 bridgehead atoms. The Labute approximate surface area is 189 Å². The number of esters is 1. The second-order valence-corrected chi connectivity index (χ2v) is 8.02. The first-order valence-electron chi connectivity index (χ1n) is 10.6. The van der Waals surface area contributed by atoms with Crippen molar-refractivity contribution in [1.29, 1.82) is 5.26 Å². The number of hydrogen-bond acceptors (Lipinski definition) is 8. The smallest absolute Gasteiger partial charge is 0.356 e. The van der Waals surface area contributed by atoms with E-state index in [9.17, 15) is 10.1 Å². The Hall–Kier alpha value is -4.04. The Bertz CT molecular complexity index is 1360. The van der Waals surface area contributed by atoms with Crippen molar-refractivity contribution in [1.82, 2.24) is 34.6 Å². The number of aromatic nitrogens is 7. The minimum Gasteiger partial charge on any atom is -0.461 e. The fraction of sp³-hybridized carbons (Fsp3) is 0.364. The topological polar surface area (TPSA) is 136 Å². The van der Waals surface area contributed by atoms with Gasteiger partial charge in [-0.3, -0.25) is 9.78 Å². The summed E-state index contributed by atoms with van der Waals surface area (Å²) in [6.07, 6.45) is 9.05. The lowest BCUT2D eigenvalue weighted by atomic mass is 9.72. The quantitative estimate of drug-likeness (QED) is 0.428. The minimum atomic E-state index is -0.476. The van der Waals surface area contributed by atoms with Gasteiger partial charge in [-0.25, -0.2) is 14.3 Å². The lowest BCUT2D eigenvalue weighted by Crippen LogP contribution is -2.50. The summed E-state index contributed by atoms with van der Waals surface area (Å²) < 4.78 is 14.0. The Kier molecular flexibility index (Phi) is 5.14. The van der Waals surface area contributed by atoms with Crippen LogP contribution >= 0.6 is 0 Å². The molecule has 11 heteroatoms. The molecular formula is C22H22N8O3. The number of fused-ring (bicyclic) bond motifs is 1. The Morgan fingerprint density at radius 2 is 2.18 bits per heavy atom. The molecule has 0 atom stereocenters. The van der Waals surface area contributed by atoms with Crippen LogP contribution in [-0.2, 0) is 15.0 Å². The van der Waals surface area contributed by atoms with Gasteiger partial charge in [-0.1, -0.05) is 0 Å². The molecule has 4 aromatic rings. The molecule has 0 unspecified atom stereocenters. The highest BCUT2D eigenvalue weighted by molar-refractivity contribution is 5.88. The number of nitriles is 1. The molecule has 1 aliphatic carbocycles. The molecule has 1 saturated carbocycles. The molecule has 0 aromatic carbocycles. The molecule has 4 aromatic heterocycles. The highest BCUT2D eigenvalue weighted by atomic mass is 16.5. The molecule has 0 radical (unpaired) electrons. The molecule has 1 aliphatic rings. The molecule has 0 saturated heterocycles. The molecule has 0 spiro atoms. The van der Waals surface area contributed by atoms with Gasteiger partial charge in [0.05, 0.1) is 60.5 Å². The molecule has 4 heterocycles. The maximum absolute atomic E-state index is 12.0. The van der Waals surface area contributed by atoms with Crippen molar-refractivity contribution in [3.05, 3.63) is 42.6 Å². The second-order valence-electron chi connectivity index (χ2n) is 8.02. The SMILES string of the molecule is CCOC(=O)c1cc(-c2cn3nccc3c(-c3cnn(C4(CC#N)CC(OC)C4)c3)n2)n[nH]1. The van der Waals surface area contributed by atoms with Crippen LogP contribution in [0.5, 0.6) is 0 Å². The zero-order valence-corrected chi connectivity index (χ0v) is 18.2. The zero-order valence-electron chi connectivity index (χ0n) is 18.2. The van der Waals surface area contributed by atoms with Crippen LogP contribution in [0.3, 0.4) is 0 Å². The molecule has 33 heavy (non-hydrogen) atoms. The van der Waals surface area contributed by atoms with E-state index >= 15 is 0 Å². The highest BCUT2D eigenvalue weighted by Crippen LogP contribution is 2.43. The van der Waals surface area contributed by atoms with Crippen LogP contribution in [-0.4, -0.2) is 60.4 Å². The van der Waals surface area contributed by atoms with E-state index in [-0.39, 0.29) is 23.9 Å². The summed E-state index contributed by atoms with van der Waals surface area (Å²) in [6.45, 7) is 2.02. The van der Waals surface area contributed by atoms with Crippen LogP contribution in [0, 0.1) is 11.3 Å². The minimum absolute atomic E-state index is 0.127. The summed E-state index contributed by atoms with van der Waals surface area (Å²) in [4.78, 5) is 16.8. The van der Waals surface area contributed by atoms with E-state index in [4.69, 9.17) is 14.5 Å². The summed E-state index contributed by atoms with van der Waals surface area (Å²) in [6, 6.07) is 5.75. The van der Waals surface area contributed by atoms with Crippen molar-refractivity contribution in [2.45, 2.75) is 37.8 Å². The summed E-state index contributed by atoms with van der Waals surface area (Å²) in [5.74, 6) is -0.476. The van der Waals surface area contributed by atoms with Gasteiger partial charge in [0.15, 0.2) is 0 Å². The number of nitrogens with zero attached hydrogens (tertiary/aromatic N) is 7. The third kappa shape index (κ3) is 3.54. The van der Waals surface area contributed by atoms with E-state index in [1.807, 2.05) is 16.9 Å². The van der Waals surface area contributed by atoms with Crippen LogP contribution in [0.2, 0.25) is 0 Å². The number of ether oxygens (including phenoxy) is 2. The van der Waals surface area contributed by atoms with Crippen molar-refractivity contribution in [2.24, 2.45) is 0 Å². The van der Waals surface area contributed by atoms with E-state index in [1.54, 1.807) is 43.2 Å². The normalized spacial score (nSPS) is 19.8. The third-order valence-electron chi connectivity index (χ3n) is 6.02. The summed E-state index contributed by atoms with van der Waals surface area (Å²) in [7, 11) is 1.68. The van der Waals surface area contributed by atoms with Crippen LogP contribution in [0.1, 0.15) is 36.7 Å². The Morgan fingerprint density at radius 3 is 2.94 bits per heavy atom. The Morgan fingerprint density at radius 1 is 1.33 bits per heavy atom. The van der Waals surface area contributed by atoms with Gasteiger partial charge in [-0.05, 0) is 25.8 Å². The molecule has 1 N–H and O–H groups in total. The van der Waals surface area contributed by atoms with E-state index in [0.29, 0.717) is 23.5 Å². The van der Waals surface area contributed by atoms with Crippen LogP contribution < -0.4 is 0 Å². The van der Waals surface area contributed by atoms with E-state index in [2.05, 4.69) is 26.5 Å². The van der Waals surface area contributed by atoms with Gasteiger partial charge >= 0.3 is 5.97 Å². The summed E-state index contributed by atoms with van der Waals surface area (Å²) in [5.41, 5.74) is 3.17. The first-order valence-corrected chi connectivity index (χ1v) is 10.6. The van der Waals surface area contributed by atoms with Crippen molar-refractivity contribution >= 4 is 11.5 Å². The summed E-state index contributed by atoms with van der Waals surface area (Å²) in [5, 5.41) is 25.2. The van der Waals surface area contributed by atoms with Crippen molar-refractivity contribution in [3.63, 3.8) is 0 Å². The van der Waals surface area contributed by atoms with E-state index < -0.39 is 5.97 Å². The van der Waals surface area contributed by atoms with E-state index in [1.165, 1.54) is 0 Å². The molecule has 0 amide bonds. The van der Waals surface area contributed by atoms with Gasteiger partial charge < -0.3 is 9.47 Å². The third-order valence-corrected chi connectivity index (χ3v) is 6.02. The maximum atomic E-state index is 12.0. The number of rotatable bonds is 7. The number of aromatic amines is 1. The molecular weight excluding hydrogens is 424 g/mol. The predicted molar refractivity (Wildman–Crippen MR) is 116 cm³/mol. The van der Waals surface area contributed by atoms with Gasteiger partial charge in [0.1, 0.15) is 17.1 Å². The van der Waals surface area contributed by atoms with Crippen LogP contribution in [0.15, 0.2) is 36.9 Å². The second kappa shape index (κ2) is 8.14. The maximum Gasteiger partial charge on any atom is 0.356 e. The fourth-order valence-corrected chi connectivity index (χ4v) is 4.25. The van der Waals surface area contributed by atoms with Crippen LogP contribution in [0.25, 0.3) is 28.2 Å². The average Bonchev–Trinajstić information content (AvgIpc) is 3.55. The van der Waals surface area contributed by atoms with Gasteiger partial charge in [-0.2, -0.15) is 20.6 Å². The van der Waals surface area contributed by atoms with Crippen molar-refractivity contribution in [2.75, 3.05) is 13.7 Å². The number of methoxy groups -OCH3 is 1. The summed E-state index contributed by atoms with van der Waals surface area (Å²) >= 11 is 0. The molecule has 1 fully saturated rings. The van der Waals surface area contributed by atoms with Crippen LogP contribution in [0.4, 0.5) is 0 Å². The molecule has 0 aliphatic heterocycles. The van der Waals surface area contributed by atoms with Gasteiger partial charge in [-0.15, -0.1) is 0 Å². The first-order chi connectivity index (χ1) is 16.1. The number of carbonyl (C=O) groups excluding carboxylic acids is 1. The zero-order chi connectivity index (χ0) is 23.0. The number of hydrogen-bond donors (Lipinski definition) is 1. The standard InChI is InChI=1S/C22H22N8O3/c1-3-33-21(31)17-8-16(27-28-17)18-13-29-19(4-7-24-29)20(26-18)14-11-25-30(12-14)22(5-6-23)9-15(10-22)32-2/h4,7-8,11-13,15H,3,5,9-10H2,1-2H3,(H,27,28). The lowest BCUT2D eigenvalue weighted by Gasteiger charge is -2.45. The van der Waals surface area contributed by atoms with E-state index in [0.717, 1.165) is 23.9 Å². The highest BCUT2D eigenvalue weighted by Gasteiger charge is 2.47. The van der Waals surface area contributed by atoms with Gasteiger partial charge in [0.25, 0.3) is 0 Å². The first kappa shape index (κ1) is 20.8. The lowest BCUT2D eigenvalue weighted by molar-refractivity contribution is -0.0542. The fourth-order valence-electron chi connectivity index (χ4n) is 4.25. The van der Waals surface area contributed by atoms with Crippen molar-refractivity contribution in [3.8, 4) is 28.7 Å². The molecule has 5 rings (SSSR count). The number of carbonyl (C=O) groups is 1. The number of H-pyrrole nitrogens is 1. The van der Waals surface area contributed by atoms with Gasteiger partial charge in [0, 0.05) is 24.9 Å². The average molecular weight is 446 g/mol. The Balaban J connectivity index is 1.53. The largest absolute Gasteiger partial charge is 0.461 e. The molecule has 11 nitrogen and oxygen atoms in total. The number of nitrogens with one attached hydrogen (secondary N) is 1. The van der Waals surface area contributed by atoms with Gasteiger partial charge in [0.2, 0.25) is 0 Å². The predicted octanol–water partition coefficient (Wildman–Crippen LogP) is 2.58. The van der Waals surface area contributed by atoms with Crippen molar-refractivity contribution < 1.29 is 14.3 Å². The monoisotopic (exact) mass is 446 g/mol. The molecule has 168 valence electrons.